The fourth-order valence-corrected chi connectivity index (χ4v) is 4.96. The van der Waals surface area contributed by atoms with E-state index in [0.717, 1.165) is 50.7 Å². The van der Waals surface area contributed by atoms with E-state index in [1.165, 1.54) is 0 Å². The lowest BCUT2D eigenvalue weighted by Gasteiger charge is -2.35. The number of benzene rings is 2. The zero-order chi connectivity index (χ0) is 22.2. The van der Waals surface area contributed by atoms with Gasteiger partial charge in [0.05, 0.1) is 11.4 Å². The van der Waals surface area contributed by atoms with Crippen molar-refractivity contribution in [2.24, 2.45) is 0 Å². The van der Waals surface area contributed by atoms with Gasteiger partial charge in [0, 0.05) is 35.4 Å². The average Bonchev–Trinajstić information content (AvgIpc) is 3.09. The molecule has 1 N–H and O–H groups in total. The van der Waals surface area contributed by atoms with E-state index in [9.17, 15) is 4.79 Å². The maximum Gasteiger partial charge on any atom is 0.242 e. The van der Waals surface area contributed by atoms with E-state index in [-0.39, 0.29) is 5.91 Å². The maximum atomic E-state index is 13.1. The van der Waals surface area contributed by atoms with Crippen LogP contribution in [0.2, 0.25) is 0 Å². The van der Waals surface area contributed by atoms with Crippen LogP contribution in [0.4, 0.5) is 0 Å². The number of amides is 1. The Kier molecular flexibility index (Phi) is 5.65. The third-order valence-electron chi connectivity index (χ3n) is 6.02. The number of aryl methyl sites for hydroxylation is 1. The smallest absolute Gasteiger partial charge is 0.242 e. The molecule has 2 aromatic carbocycles. The molecule has 1 aromatic heterocycles. The van der Waals surface area contributed by atoms with Crippen molar-refractivity contribution in [2.75, 3.05) is 26.3 Å². The van der Waals surface area contributed by atoms with Crippen molar-refractivity contribution in [3.63, 3.8) is 0 Å². The molecule has 0 bridgehead atoms. The third kappa shape index (κ3) is 3.78. The van der Waals surface area contributed by atoms with E-state index in [1.807, 2.05) is 61.0 Å². The van der Waals surface area contributed by atoms with Crippen LogP contribution in [0, 0.1) is 13.8 Å². The normalized spacial score (nSPS) is 18.5. The van der Waals surface area contributed by atoms with Gasteiger partial charge >= 0.3 is 0 Å². The van der Waals surface area contributed by atoms with Crippen molar-refractivity contribution in [3.8, 4) is 17.2 Å². The number of rotatable bonds is 4. The first-order valence-corrected chi connectivity index (χ1v) is 11.5. The number of fused-ring (bicyclic) bond motifs is 1. The molecule has 0 saturated carbocycles. The van der Waals surface area contributed by atoms with E-state index in [4.69, 9.17) is 14.6 Å². The van der Waals surface area contributed by atoms with Crippen LogP contribution >= 0.6 is 15.9 Å². The van der Waals surface area contributed by atoms with Gasteiger partial charge in [-0.1, -0.05) is 34.1 Å². The molecule has 1 fully saturated rings. The highest BCUT2D eigenvalue weighted by Gasteiger charge is 2.36. The lowest BCUT2D eigenvalue weighted by Crippen LogP contribution is -2.49. The van der Waals surface area contributed by atoms with Crippen molar-refractivity contribution in [1.82, 2.24) is 20.0 Å². The van der Waals surface area contributed by atoms with Crippen LogP contribution in [0.1, 0.15) is 28.6 Å². The minimum absolute atomic E-state index is 0.00345. The monoisotopic (exact) mass is 496 g/mol. The Labute approximate surface area is 195 Å². The van der Waals surface area contributed by atoms with Gasteiger partial charge in [0.25, 0.3) is 0 Å². The van der Waals surface area contributed by atoms with Gasteiger partial charge in [-0.05, 0) is 43.7 Å². The van der Waals surface area contributed by atoms with Gasteiger partial charge in [-0.15, -0.1) is 0 Å². The number of para-hydroxylation sites is 1. The number of ether oxygens (including phenoxy) is 2. The summed E-state index contributed by atoms with van der Waals surface area (Å²) in [6.07, 6.45) is 0. The van der Waals surface area contributed by atoms with E-state index < -0.39 is 6.04 Å². The molecule has 2 aliphatic rings. The summed E-state index contributed by atoms with van der Waals surface area (Å²) in [6.45, 7) is 7.06. The number of aromatic nitrogens is 2. The van der Waals surface area contributed by atoms with Crippen LogP contribution in [-0.2, 0) is 11.3 Å². The Morgan fingerprint density at radius 2 is 1.84 bits per heavy atom. The van der Waals surface area contributed by atoms with Crippen LogP contribution in [0.3, 0.4) is 0 Å². The molecule has 0 spiro atoms. The molecule has 0 aliphatic carbocycles. The van der Waals surface area contributed by atoms with Gasteiger partial charge < -0.3 is 14.8 Å². The Morgan fingerprint density at radius 3 is 2.59 bits per heavy atom. The van der Waals surface area contributed by atoms with Gasteiger partial charge in [-0.25, -0.2) is 4.68 Å². The van der Waals surface area contributed by atoms with E-state index in [1.54, 1.807) is 0 Å². The Hall–Kier alpha value is -2.84. The second kappa shape index (κ2) is 8.60. The molecular weight excluding hydrogens is 472 g/mol. The molecule has 1 atom stereocenters. The van der Waals surface area contributed by atoms with Crippen LogP contribution in [0.15, 0.2) is 46.9 Å². The SMILES string of the molecule is Cc1nn(-c2ccccc2)c(C)c1C1C(=O)NCCN1Cc1cc2c(cc1Br)OCCO2. The fraction of sp³-hybridized carbons (Fsp3) is 0.333. The van der Waals surface area contributed by atoms with E-state index >= 15 is 0 Å². The molecule has 1 unspecified atom stereocenters. The summed E-state index contributed by atoms with van der Waals surface area (Å²) in [5, 5.41) is 7.81. The quantitative estimate of drug-likeness (QED) is 0.596. The fourth-order valence-electron chi connectivity index (χ4n) is 4.52. The zero-order valence-corrected chi connectivity index (χ0v) is 19.7. The van der Waals surface area contributed by atoms with E-state index in [2.05, 4.69) is 26.1 Å². The summed E-state index contributed by atoms with van der Waals surface area (Å²) >= 11 is 3.68. The molecule has 3 heterocycles. The lowest BCUT2D eigenvalue weighted by atomic mass is 9.99. The minimum atomic E-state index is -0.415. The van der Waals surface area contributed by atoms with E-state index in [0.29, 0.717) is 26.3 Å². The first-order valence-electron chi connectivity index (χ1n) is 10.7. The molecule has 2 aliphatic heterocycles. The summed E-state index contributed by atoms with van der Waals surface area (Å²) in [6, 6.07) is 13.6. The molecule has 166 valence electrons. The number of nitrogens with zero attached hydrogens (tertiary/aromatic N) is 3. The van der Waals surface area contributed by atoms with Gasteiger partial charge in [-0.3, -0.25) is 9.69 Å². The highest BCUT2D eigenvalue weighted by Crippen LogP contribution is 2.38. The van der Waals surface area contributed by atoms with Gasteiger partial charge in [-0.2, -0.15) is 5.10 Å². The minimum Gasteiger partial charge on any atom is -0.486 e. The van der Waals surface area contributed by atoms with Crippen LogP contribution in [0.5, 0.6) is 11.5 Å². The average molecular weight is 497 g/mol. The van der Waals surface area contributed by atoms with Crippen molar-refractivity contribution in [1.29, 1.82) is 0 Å². The molecule has 1 amide bonds. The predicted molar refractivity (Wildman–Crippen MR) is 124 cm³/mol. The summed E-state index contributed by atoms with van der Waals surface area (Å²) < 4.78 is 14.3. The first kappa shape index (κ1) is 21.0. The summed E-state index contributed by atoms with van der Waals surface area (Å²) in [5.41, 5.74) is 4.83. The molecule has 8 heteroatoms. The Balaban J connectivity index is 1.51. The number of halogens is 1. The molecular formula is C24H25BrN4O3. The largest absolute Gasteiger partial charge is 0.486 e. The number of carbonyl (C=O) groups excluding carboxylic acids is 1. The molecule has 3 aromatic rings. The number of piperazine rings is 1. The third-order valence-corrected chi connectivity index (χ3v) is 6.76. The predicted octanol–water partition coefficient (Wildman–Crippen LogP) is 3.70. The van der Waals surface area contributed by atoms with Crippen molar-refractivity contribution in [2.45, 2.75) is 26.4 Å². The molecule has 32 heavy (non-hydrogen) atoms. The van der Waals surface area contributed by atoms with Crippen molar-refractivity contribution < 1.29 is 14.3 Å². The number of nitrogens with one attached hydrogen (secondary N) is 1. The second-order valence-corrected chi connectivity index (χ2v) is 8.94. The second-order valence-electron chi connectivity index (χ2n) is 8.08. The highest BCUT2D eigenvalue weighted by molar-refractivity contribution is 9.10. The number of carbonyl (C=O) groups is 1. The maximum absolute atomic E-state index is 13.1. The van der Waals surface area contributed by atoms with Crippen molar-refractivity contribution >= 4 is 21.8 Å². The number of hydrogen-bond donors (Lipinski definition) is 1. The van der Waals surface area contributed by atoms with Gasteiger partial charge in [0.1, 0.15) is 19.3 Å². The first-order chi connectivity index (χ1) is 15.5. The van der Waals surface area contributed by atoms with Crippen LogP contribution < -0.4 is 14.8 Å². The zero-order valence-electron chi connectivity index (χ0n) is 18.1. The van der Waals surface area contributed by atoms with Gasteiger partial charge in [0.2, 0.25) is 5.91 Å². The Bertz CT molecular complexity index is 1160. The van der Waals surface area contributed by atoms with Crippen LogP contribution in [0.25, 0.3) is 5.69 Å². The molecule has 1 saturated heterocycles. The lowest BCUT2D eigenvalue weighted by molar-refractivity contribution is -0.129. The summed E-state index contributed by atoms with van der Waals surface area (Å²) in [7, 11) is 0. The van der Waals surface area contributed by atoms with Gasteiger partial charge in [0.15, 0.2) is 11.5 Å². The number of hydrogen-bond acceptors (Lipinski definition) is 5. The topological polar surface area (TPSA) is 68.6 Å². The standard InChI is InChI=1S/C24H25BrN4O3/c1-15-22(16(2)29(27-15)18-6-4-3-5-7-18)23-24(30)26-8-9-28(23)14-17-12-20-21(13-19(17)25)32-11-10-31-20/h3-7,12-13,23H,8-11,14H2,1-2H3,(H,26,30). The molecule has 7 nitrogen and oxygen atoms in total. The highest BCUT2D eigenvalue weighted by atomic mass is 79.9. The summed E-state index contributed by atoms with van der Waals surface area (Å²) in [4.78, 5) is 15.3. The van der Waals surface area contributed by atoms with Crippen LogP contribution in [-0.4, -0.2) is 46.9 Å². The molecule has 0 radical (unpaired) electrons. The van der Waals surface area contributed by atoms with Crippen molar-refractivity contribution in [3.05, 3.63) is 69.5 Å². The molecule has 5 rings (SSSR count). The summed E-state index contributed by atoms with van der Waals surface area (Å²) in [5.74, 6) is 1.50. The Morgan fingerprint density at radius 1 is 1.12 bits per heavy atom.